The number of H-pyrrole nitrogens is 1. The number of hydrogen-bond acceptors (Lipinski definition) is 5. The molecule has 7 heteroatoms. The van der Waals surface area contributed by atoms with Gasteiger partial charge in [-0.3, -0.25) is 4.57 Å². The van der Waals surface area contributed by atoms with E-state index in [1.54, 1.807) is 25.2 Å². The molecule has 2 rings (SSSR count). The van der Waals surface area contributed by atoms with Crippen LogP contribution >= 0.6 is 11.8 Å². The van der Waals surface area contributed by atoms with Gasteiger partial charge >= 0.3 is 5.69 Å². The number of rotatable bonds is 5. The van der Waals surface area contributed by atoms with Gasteiger partial charge in [0.15, 0.2) is 5.16 Å². The van der Waals surface area contributed by atoms with Crippen molar-refractivity contribution < 1.29 is 4.74 Å². The van der Waals surface area contributed by atoms with Gasteiger partial charge in [-0.25, -0.2) is 9.89 Å². The Balaban J connectivity index is 1.86. The highest BCUT2D eigenvalue weighted by Gasteiger charge is 2.05. The molecule has 0 saturated carbocycles. The summed E-state index contributed by atoms with van der Waals surface area (Å²) >= 11 is 1.41. The topological polar surface area (TPSA) is 83.7 Å². The summed E-state index contributed by atoms with van der Waals surface area (Å²) in [5, 5.41) is 15.8. The van der Waals surface area contributed by atoms with Crippen LogP contribution in [0.15, 0.2) is 34.2 Å². The number of thioether (sulfide) groups is 1. The maximum Gasteiger partial charge on any atom is 0.343 e. The predicted octanol–water partition coefficient (Wildman–Crippen LogP) is 1.15. The normalized spacial score (nSPS) is 10.1. The fraction of sp³-hybridized carbons (Fsp3) is 0.250. The number of hydrogen-bond donors (Lipinski definition) is 1. The van der Waals surface area contributed by atoms with Gasteiger partial charge in [0, 0.05) is 12.8 Å². The van der Waals surface area contributed by atoms with Gasteiger partial charge in [-0.2, -0.15) is 5.26 Å². The molecule has 0 saturated heterocycles. The van der Waals surface area contributed by atoms with Crippen LogP contribution in [0.2, 0.25) is 0 Å². The van der Waals surface area contributed by atoms with Crippen molar-refractivity contribution in [3.63, 3.8) is 0 Å². The number of benzene rings is 1. The maximum absolute atomic E-state index is 11.1. The van der Waals surface area contributed by atoms with Gasteiger partial charge in [0.25, 0.3) is 0 Å². The largest absolute Gasteiger partial charge is 0.491 e. The van der Waals surface area contributed by atoms with E-state index < -0.39 is 0 Å². The standard InChI is InChI=1S/C12H12N4O2S/c1-16-11(17)14-15-12(16)19-7-6-18-10-5-3-2-4-9(10)8-13/h2-5H,6-7H2,1H3,(H,14,17). The third-order valence-electron chi connectivity index (χ3n) is 2.42. The highest BCUT2D eigenvalue weighted by molar-refractivity contribution is 7.99. The van der Waals surface area contributed by atoms with Crippen LogP contribution in [-0.2, 0) is 7.05 Å². The van der Waals surface area contributed by atoms with Crippen LogP contribution < -0.4 is 10.4 Å². The second-order valence-corrected chi connectivity index (χ2v) is 4.74. The highest BCUT2D eigenvalue weighted by atomic mass is 32.2. The van der Waals surface area contributed by atoms with E-state index in [0.717, 1.165) is 0 Å². The zero-order valence-electron chi connectivity index (χ0n) is 10.3. The van der Waals surface area contributed by atoms with E-state index in [-0.39, 0.29) is 5.69 Å². The molecule has 0 aliphatic heterocycles. The molecule has 0 aliphatic rings. The average Bonchev–Trinajstić information content (AvgIpc) is 2.76. The van der Waals surface area contributed by atoms with Gasteiger partial charge in [0.2, 0.25) is 0 Å². The summed E-state index contributed by atoms with van der Waals surface area (Å²) in [6.45, 7) is 0.435. The second kappa shape index (κ2) is 6.11. The maximum atomic E-state index is 11.1. The molecule has 2 aromatic rings. The Kier molecular flexibility index (Phi) is 4.26. The third kappa shape index (κ3) is 3.17. The molecule has 19 heavy (non-hydrogen) atoms. The Morgan fingerprint density at radius 3 is 3.00 bits per heavy atom. The monoisotopic (exact) mass is 276 g/mol. The summed E-state index contributed by atoms with van der Waals surface area (Å²) < 4.78 is 6.97. The van der Waals surface area contributed by atoms with Crippen molar-refractivity contribution in [2.45, 2.75) is 5.16 Å². The van der Waals surface area contributed by atoms with Gasteiger partial charge in [-0.1, -0.05) is 23.9 Å². The molecule has 0 unspecified atom stereocenters. The molecule has 0 atom stereocenters. The quantitative estimate of drug-likeness (QED) is 0.654. The Morgan fingerprint density at radius 1 is 1.53 bits per heavy atom. The molecule has 0 fully saturated rings. The molecule has 1 heterocycles. The minimum Gasteiger partial charge on any atom is -0.491 e. The Morgan fingerprint density at radius 2 is 2.32 bits per heavy atom. The zero-order valence-corrected chi connectivity index (χ0v) is 11.1. The van der Waals surface area contributed by atoms with Crippen molar-refractivity contribution in [2.24, 2.45) is 7.05 Å². The summed E-state index contributed by atoms with van der Waals surface area (Å²) in [5.74, 6) is 1.21. The third-order valence-corrected chi connectivity index (χ3v) is 3.41. The average molecular weight is 276 g/mol. The van der Waals surface area contributed by atoms with Crippen molar-refractivity contribution >= 4 is 11.8 Å². The lowest BCUT2D eigenvalue weighted by molar-refractivity contribution is 0.343. The van der Waals surface area contributed by atoms with Crippen molar-refractivity contribution in [3.05, 3.63) is 40.3 Å². The number of nitriles is 1. The Hall–Kier alpha value is -2.20. The van der Waals surface area contributed by atoms with Crippen molar-refractivity contribution in [1.29, 1.82) is 5.26 Å². The molecule has 0 radical (unpaired) electrons. The lowest BCUT2D eigenvalue weighted by Gasteiger charge is -2.06. The fourth-order valence-corrected chi connectivity index (χ4v) is 2.17. The van der Waals surface area contributed by atoms with Crippen LogP contribution in [0.25, 0.3) is 0 Å². The Labute approximate surface area is 114 Å². The van der Waals surface area contributed by atoms with E-state index in [9.17, 15) is 4.79 Å². The highest BCUT2D eigenvalue weighted by Crippen LogP contribution is 2.18. The van der Waals surface area contributed by atoms with E-state index >= 15 is 0 Å². The Bertz CT molecular complexity index is 656. The van der Waals surface area contributed by atoms with Crippen LogP contribution in [0, 0.1) is 11.3 Å². The molecule has 0 spiro atoms. The SMILES string of the molecule is Cn1c(SCCOc2ccccc2C#N)n[nH]c1=O. The van der Waals surface area contributed by atoms with Crippen LogP contribution in [-0.4, -0.2) is 27.1 Å². The lowest BCUT2D eigenvalue weighted by atomic mass is 10.2. The molecule has 1 aromatic heterocycles. The number of para-hydroxylation sites is 1. The van der Waals surface area contributed by atoms with Crippen LogP contribution in [0.1, 0.15) is 5.56 Å². The molecule has 0 aliphatic carbocycles. The summed E-state index contributed by atoms with van der Waals surface area (Å²) in [6.07, 6.45) is 0. The fourth-order valence-electron chi connectivity index (χ4n) is 1.43. The first-order valence-electron chi connectivity index (χ1n) is 5.58. The molecule has 6 nitrogen and oxygen atoms in total. The first-order valence-corrected chi connectivity index (χ1v) is 6.57. The van der Waals surface area contributed by atoms with Crippen LogP contribution in [0.5, 0.6) is 5.75 Å². The lowest BCUT2D eigenvalue weighted by Crippen LogP contribution is -2.13. The van der Waals surface area contributed by atoms with E-state index in [2.05, 4.69) is 16.3 Å². The van der Waals surface area contributed by atoms with E-state index in [0.29, 0.717) is 28.8 Å². The van der Waals surface area contributed by atoms with E-state index in [1.807, 2.05) is 6.07 Å². The van der Waals surface area contributed by atoms with E-state index in [4.69, 9.17) is 10.00 Å². The van der Waals surface area contributed by atoms with Gasteiger partial charge in [0.05, 0.1) is 12.2 Å². The van der Waals surface area contributed by atoms with Crippen molar-refractivity contribution in [1.82, 2.24) is 14.8 Å². The second-order valence-electron chi connectivity index (χ2n) is 3.68. The minimum atomic E-state index is -0.238. The minimum absolute atomic E-state index is 0.238. The first-order chi connectivity index (χ1) is 9.22. The number of aromatic nitrogens is 3. The molecule has 1 aromatic carbocycles. The van der Waals surface area contributed by atoms with Crippen molar-refractivity contribution in [2.75, 3.05) is 12.4 Å². The number of nitrogens with zero attached hydrogens (tertiary/aromatic N) is 3. The van der Waals surface area contributed by atoms with Gasteiger partial charge < -0.3 is 4.74 Å². The van der Waals surface area contributed by atoms with Gasteiger partial charge in [0.1, 0.15) is 11.8 Å². The van der Waals surface area contributed by atoms with Crippen LogP contribution in [0.3, 0.4) is 0 Å². The first kappa shape index (κ1) is 13.2. The van der Waals surface area contributed by atoms with Gasteiger partial charge in [-0.15, -0.1) is 5.10 Å². The molecule has 0 bridgehead atoms. The molecular formula is C12H12N4O2S. The number of nitrogens with one attached hydrogen (secondary N) is 1. The molecular weight excluding hydrogens is 264 g/mol. The van der Waals surface area contributed by atoms with Gasteiger partial charge in [-0.05, 0) is 12.1 Å². The number of ether oxygens (including phenoxy) is 1. The summed E-state index contributed by atoms with van der Waals surface area (Å²) in [7, 11) is 1.65. The summed E-state index contributed by atoms with van der Waals surface area (Å²) in [4.78, 5) is 11.1. The summed E-state index contributed by atoms with van der Waals surface area (Å²) in [5.41, 5.74) is 0.276. The molecule has 0 amide bonds. The van der Waals surface area contributed by atoms with Crippen LogP contribution in [0.4, 0.5) is 0 Å². The molecule has 98 valence electrons. The summed E-state index contributed by atoms with van der Waals surface area (Å²) in [6, 6.07) is 9.15. The van der Waals surface area contributed by atoms with Crippen molar-refractivity contribution in [3.8, 4) is 11.8 Å². The van der Waals surface area contributed by atoms with E-state index in [1.165, 1.54) is 16.3 Å². The number of aromatic amines is 1. The molecule has 1 N–H and O–H groups in total. The predicted molar refractivity (Wildman–Crippen MR) is 71.2 cm³/mol. The smallest absolute Gasteiger partial charge is 0.343 e. The zero-order chi connectivity index (χ0) is 13.7.